The van der Waals surface area contributed by atoms with Crippen molar-refractivity contribution in [3.8, 4) is 5.88 Å². The first-order valence-electron chi connectivity index (χ1n) is 7.63. The van der Waals surface area contributed by atoms with Gasteiger partial charge in [0.05, 0.1) is 12.1 Å². The summed E-state index contributed by atoms with van der Waals surface area (Å²) < 4.78 is 6.74. The van der Waals surface area contributed by atoms with Crippen LogP contribution in [0.4, 0.5) is 0 Å². The molecule has 1 aliphatic rings. The minimum atomic E-state index is -0.0375. The van der Waals surface area contributed by atoms with Crippen molar-refractivity contribution < 1.29 is 9.53 Å². The van der Waals surface area contributed by atoms with Gasteiger partial charge in [0.1, 0.15) is 11.9 Å². The summed E-state index contributed by atoms with van der Waals surface area (Å²) in [5.41, 5.74) is 0.686. The van der Waals surface area contributed by atoms with Gasteiger partial charge in [-0.25, -0.2) is 4.98 Å². The number of likely N-dealkylation sites (tertiary alicyclic amines) is 1. The number of benzene rings is 1. The number of halogens is 1. The number of hydrogen-bond acceptors (Lipinski definition) is 4. The van der Waals surface area contributed by atoms with Crippen molar-refractivity contribution in [1.82, 2.24) is 14.9 Å². The molecule has 0 spiro atoms. The number of hydrogen-bond donors (Lipinski definition) is 0. The number of aromatic nitrogens is 2. The lowest BCUT2D eigenvalue weighted by Crippen LogP contribution is -2.44. The molecule has 1 aliphatic heterocycles. The maximum Gasteiger partial charge on any atom is 0.255 e. The molecule has 23 heavy (non-hydrogen) atoms. The molecule has 3 rings (SSSR count). The molecule has 0 saturated carbocycles. The van der Waals surface area contributed by atoms with E-state index in [2.05, 4.69) is 25.9 Å². The van der Waals surface area contributed by atoms with Crippen LogP contribution in [-0.4, -0.2) is 40.0 Å². The second-order valence-electron chi connectivity index (χ2n) is 5.56. The van der Waals surface area contributed by atoms with E-state index in [-0.39, 0.29) is 12.0 Å². The lowest BCUT2D eigenvalue weighted by atomic mass is 10.1. The molecule has 6 heteroatoms. The van der Waals surface area contributed by atoms with Crippen molar-refractivity contribution in [3.63, 3.8) is 0 Å². The number of carbonyl (C=O) groups excluding carboxylic acids is 1. The van der Waals surface area contributed by atoms with Crippen LogP contribution in [0.3, 0.4) is 0 Å². The summed E-state index contributed by atoms with van der Waals surface area (Å²) in [6, 6.07) is 9.25. The van der Waals surface area contributed by atoms with E-state index in [1.165, 1.54) is 0 Å². The maximum atomic E-state index is 12.7. The molecule has 0 aliphatic carbocycles. The number of ether oxygens (including phenoxy) is 1. The highest BCUT2D eigenvalue weighted by molar-refractivity contribution is 9.10. The third kappa shape index (κ3) is 3.88. The normalized spacial score (nSPS) is 17.8. The molecule has 1 saturated heterocycles. The number of amides is 1. The van der Waals surface area contributed by atoms with Crippen LogP contribution in [-0.2, 0) is 0 Å². The zero-order chi connectivity index (χ0) is 16.2. The predicted molar refractivity (Wildman–Crippen MR) is 90.5 cm³/mol. The molecule has 0 bridgehead atoms. The molecule has 1 unspecified atom stereocenters. The van der Waals surface area contributed by atoms with Crippen molar-refractivity contribution in [1.29, 1.82) is 0 Å². The summed E-state index contributed by atoms with van der Waals surface area (Å²) in [7, 11) is 0. The van der Waals surface area contributed by atoms with Gasteiger partial charge < -0.3 is 9.64 Å². The molecule has 1 aromatic carbocycles. The first-order valence-corrected chi connectivity index (χ1v) is 8.43. The monoisotopic (exact) mass is 375 g/mol. The topological polar surface area (TPSA) is 55.3 Å². The van der Waals surface area contributed by atoms with Crippen molar-refractivity contribution in [3.05, 3.63) is 52.4 Å². The van der Waals surface area contributed by atoms with Crippen LogP contribution in [0.15, 0.2) is 41.0 Å². The van der Waals surface area contributed by atoms with Gasteiger partial charge in [-0.1, -0.05) is 12.1 Å². The fourth-order valence-corrected chi connectivity index (χ4v) is 3.15. The second kappa shape index (κ2) is 7.08. The number of nitrogens with zero attached hydrogens (tertiary/aromatic N) is 3. The van der Waals surface area contributed by atoms with E-state index < -0.39 is 0 Å². The standard InChI is InChI=1S/C17H18BrN3O2/c1-12-19-9-8-16(20-12)23-13-5-4-10-21(11-13)17(22)14-6-2-3-7-15(14)18/h2-3,6-9,13H,4-5,10-11H2,1H3. The molecule has 1 atom stereocenters. The van der Waals surface area contributed by atoms with Gasteiger partial charge in [0.25, 0.3) is 5.91 Å². The van der Waals surface area contributed by atoms with Crippen LogP contribution in [0.25, 0.3) is 0 Å². The van der Waals surface area contributed by atoms with Crippen LogP contribution in [0.5, 0.6) is 5.88 Å². The van der Waals surface area contributed by atoms with Crippen molar-refractivity contribution in [2.75, 3.05) is 13.1 Å². The third-order valence-electron chi connectivity index (χ3n) is 3.81. The van der Waals surface area contributed by atoms with Gasteiger partial charge in [-0.2, -0.15) is 4.98 Å². The van der Waals surface area contributed by atoms with E-state index in [1.54, 1.807) is 12.3 Å². The van der Waals surface area contributed by atoms with E-state index in [4.69, 9.17) is 4.74 Å². The van der Waals surface area contributed by atoms with Crippen LogP contribution in [0.2, 0.25) is 0 Å². The molecular formula is C17H18BrN3O2. The quantitative estimate of drug-likeness (QED) is 0.826. The largest absolute Gasteiger partial charge is 0.472 e. The smallest absolute Gasteiger partial charge is 0.255 e. The van der Waals surface area contributed by atoms with Crippen LogP contribution >= 0.6 is 15.9 Å². The van der Waals surface area contributed by atoms with Crippen molar-refractivity contribution in [2.24, 2.45) is 0 Å². The fourth-order valence-electron chi connectivity index (χ4n) is 2.69. The highest BCUT2D eigenvalue weighted by atomic mass is 79.9. The van der Waals surface area contributed by atoms with Crippen molar-refractivity contribution >= 4 is 21.8 Å². The molecule has 1 fully saturated rings. The maximum absolute atomic E-state index is 12.7. The summed E-state index contributed by atoms with van der Waals surface area (Å²) in [6.45, 7) is 3.16. The van der Waals surface area contributed by atoms with Gasteiger partial charge in [0.2, 0.25) is 5.88 Å². The Bertz CT molecular complexity index is 708. The Kier molecular flexibility index (Phi) is 4.91. The lowest BCUT2D eigenvalue weighted by molar-refractivity contribution is 0.0526. The Hall–Kier alpha value is -1.95. The van der Waals surface area contributed by atoms with Gasteiger partial charge >= 0.3 is 0 Å². The van der Waals surface area contributed by atoms with Gasteiger partial charge in [0.15, 0.2) is 0 Å². The number of aryl methyl sites for hydroxylation is 1. The van der Waals surface area contributed by atoms with Crippen LogP contribution in [0.1, 0.15) is 29.0 Å². The molecule has 1 aromatic heterocycles. The highest BCUT2D eigenvalue weighted by Crippen LogP contribution is 2.22. The van der Waals surface area contributed by atoms with E-state index >= 15 is 0 Å². The Morgan fingerprint density at radius 3 is 2.96 bits per heavy atom. The average Bonchev–Trinajstić information content (AvgIpc) is 2.55. The Balaban J connectivity index is 1.68. The summed E-state index contributed by atoms with van der Waals surface area (Å²) in [5.74, 6) is 1.28. The Labute approximate surface area is 143 Å². The molecule has 5 nitrogen and oxygen atoms in total. The third-order valence-corrected chi connectivity index (χ3v) is 4.50. The van der Waals surface area contributed by atoms with Crippen LogP contribution in [0, 0.1) is 6.92 Å². The first kappa shape index (κ1) is 15.9. The molecule has 2 aromatic rings. The molecule has 2 heterocycles. The Morgan fingerprint density at radius 2 is 2.17 bits per heavy atom. The number of piperidine rings is 1. The summed E-state index contributed by atoms with van der Waals surface area (Å²) in [4.78, 5) is 22.9. The Morgan fingerprint density at radius 1 is 1.35 bits per heavy atom. The van der Waals surface area contributed by atoms with Gasteiger partial charge in [-0.15, -0.1) is 0 Å². The summed E-state index contributed by atoms with van der Waals surface area (Å²) in [5, 5.41) is 0. The zero-order valence-corrected chi connectivity index (χ0v) is 14.5. The molecule has 0 radical (unpaired) electrons. The molecular weight excluding hydrogens is 358 g/mol. The minimum absolute atomic E-state index is 0.0321. The zero-order valence-electron chi connectivity index (χ0n) is 12.9. The molecule has 1 amide bonds. The second-order valence-corrected chi connectivity index (χ2v) is 6.41. The predicted octanol–water partition coefficient (Wildman–Crippen LogP) is 3.23. The highest BCUT2D eigenvalue weighted by Gasteiger charge is 2.26. The number of carbonyl (C=O) groups is 1. The summed E-state index contributed by atoms with van der Waals surface area (Å²) >= 11 is 3.44. The van der Waals surface area contributed by atoms with Crippen molar-refractivity contribution in [2.45, 2.75) is 25.9 Å². The molecule has 0 N–H and O–H groups in total. The minimum Gasteiger partial charge on any atom is -0.472 e. The first-order chi connectivity index (χ1) is 11.1. The van der Waals surface area contributed by atoms with E-state index in [0.29, 0.717) is 23.8 Å². The van der Waals surface area contributed by atoms with Gasteiger partial charge in [-0.05, 0) is 47.8 Å². The lowest BCUT2D eigenvalue weighted by Gasteiger charge is -2.32. The van der Waals surface area contributed by atoms with Crippen LogP contribution < -0.4 is 4.74 Å². The van der Waals surface area contributed by atoms with E-state index in [1.807, 2.05) is 36.1 Å². The van der Waals surface area contributed by atoms with Gasteiger partial charge in [-0.3, -0.25) is 4.79 Å². The average molecular weight is 376 g/mol. The van der Waals surface area contributed by atoms with E-state index in [0.717, 1.165) is 23.9 Å². The SMILES string of the molecule is Cc1nccc(OC2CCCN(C(=O)c3ccccc3Br)C2)n1. The number of rotatable bonds is 3. The van der Waals surface area contributed by atoms with Gasteiger partial charge in [0, 0.05) is 23.3 Å². The fraction of sp³-hybridized carbons (Fsp3) is 0.353. The van der Waals surface area contributed by atoms with E-state index in [9.17, 15) is 4.79 Å². The summed E-state index contributed by atoms with van der Waals surface area (Å²) in [6.07, 6.45) is 3.49. The molecule has 120 valence electrons.